The number of aromatic nitrogens is 2. The fourth-order valence-corrected chi connectivity index (χ4v) is 7.17. The van der Waals surface area contributed by atoms with Crippen LogP contribution in [0.2, 0.25) is 0 Å². The van der Waals surface area contributed by atoms with Crippen molar-refractivity contribution in [2.45, 2.75) is 0 Å². The summed E-state index contributed by atoms with van der Waals surface area (Å²) in [5, 5.41) is 4.93. The first kappa shape index (κ1) is 26.1. The first-order valence-corrected chi connectivity index (χ1v) is 15.5. The summed E-state index contributed by atoms with van der Waals surface area (Å²) in [7, 11) is 0. The Balaban J connectivity index is 1.29. The van der Waals surface area contributed by atoms with Gasteiger partial charge in [-0.15, -0.1) is 0 Å². The molecular formula is C43H27N3. The molecule has 3 heteroatoms. The maximum absolute atomic E-state index is 7.89. The van der Waals surface area contributed by atoms with E-state index in [0.717, 1.165) is 44.7 Å². The summed E-state index contributed by atoms with van der Waals surface area (Å²) < 4.78 is 4.72. The van der Waals surface area contributed by atoms with Crippen molar-refractivity contribution in [1.29, 1.82) is 0 Å². The van der Waals surface area contributed by atoms with Gasteiger partial charge in [0.1, 0.15) is 0 Å². The minimum atomic E-state index is 0.620. The van der Waals surface area contributed by atoms with Crippen LogP contribution in [0.3, 0.4) is 0 Å². The van der Waals surface area contributed by atoms with Crippen LogP contribution in [0.15, 0.2) is 164 Å². The number of hydrogen-bond acceptors (Lipinski definition) is 0. The van der Waals surface area contributed by atoms with E-state index in [1.54, 1.807) is 0 Å². The third-order valence-electron chi connectivity index (χ3n) is 9.14. The fraction of sp³-hybridized carbons (Fsp3) is 0. The van der Waals surface area contributed by atoms with Crippen molar-refractivity contribution in [3.8, 4) is 33.6 Å². The summed E-state index contributed by atoms with van der Waals surface area (Å²) in [6.45, 7) is 7.89. The molecule has 3 nitrogen and oxygen atoms in total. The maximum Gasteiger partial charge on any atom is 0.187 e. The molecule has 2 heterocycles. The van der Waals surface area contributed by atoms with Gasteiger partial charge in [-0.1, -0.05) is 115 Å². The van der Waals surface area contributed by atoms with E-state index in [2.05, 4.69) is 166 Å². The van der Waals surface area contributed by atoms with Gasteiger partial charge in [0.05, 0.1) is 34.3 Å². The van der Waals surface area contributed by atoms with E-state index in [4.69, 9.17) is 6.57 Å². The number of benzene rings is 7. The molecule has 0 saturated carbocycles. The van der Waals surface area contributed by atoms with Crippen LogP contribution in [0.1, 0.15) is 0 Å². The minimum Gasteiger partial charge on any atom is -0.309 e. The number of nitrogens with zero attached hydrogens (tertiary/aromatic N) is 3. The molecule has 7 aromatic carbocycles. The van der Waals surface area contributed by atoms with Gasteiger partial charge >= 0.3 is 0 Å². The highest BCUT2D eigenvalue weighted by Gasteiger charge is 2.18. The normalized spacial score (nSPS) is 11.5. The molecule has 0 saturated heterocycles. The van der Waals surface area contributed by atoms with Crippen molar-refractivity contribution in [1.82, 2.24) is 9.13 Å². The first-order valence-electron chi connectivity index (χ1n) is 15.5. The van der Waals surface area contributed by atoms with Gasteiger partial charge in [-0.25, -0.2) is 4.85 Å². The Kier molecular flexibility index (Phi) is 5.88. The number of hydrogen-bond donors (Lipinski definition) is 0. The highest BCUT2D eigenvalue weighted by atomic mass is 15.0. The molecule has 214 valence electrons. The Morgan fingerprint density at radius 3 is 1.50 bits per heavy atom. The minimum absolute atomic E-state index is 0.620. The standard InChI is InChI=1S/C43H27N3/c1-44-30-25-26-32(29-13-12-14-31(27-29)45-39-20-7-2-15-33(39)34-16-3-8-21-40(34)45)38(28-30)37-19-6-11-24-43(37)46-41-22-9-4-17-35(41)36-18-5-10-23-42(36)46/h2-28H. The van der Waals surface area contributed by atoms with E-state index in [9.17, 15) is 0 Å². The van der Waals surface area contributed by atoms with Crippen molar-refractivity contribution in [2.75, 3.05) is 0 Å². The number of para-hydroxylation sites is 5. The highest BCUT2D eigenvalue weighted by Crippen LogP contribution is 2.42. The molecular weight excluding hydrogens is 558 g/mol. The molecule has 0 aliphatic heterocycles. The summed E-state index contributed by atoms with van der Waals surface area (Å²) in [5.41, 5.74) is 11.8. The summed E-state index contributed by atoms with van der Waals surface area (Å²) in [6, 6.07) is 57.8. The molecule has 0 amide bonds. The van der Waals surface area contributed by atoms with Crippen LogP contribution in [0, 0.1) is 6.57 Å². The van der Waals surface area contributed by atoms with Gasteiger partial charge in [0.25, 0.3) is 0 Å². The van der Waals surface area contributed by atoms with E-state index in [-0.39, 0.29) is 0 Å². The molecule has 0 N–H and O–H groups in total. The van der Waals surface area contributed by atoms with Gasteiger partial charge < -0.3 is 9.13 Å². The summed E-state index contributed by atoms with van der Waals surface area (Å²) in [6.07, 6.45) is 0. The van der Waals surface area contributed by atoms with Gasteiger partial charge in [0.15, 0.2) is 5.69 Å². The van der Waals surface area contributed by atoms with Gasteiger partial charge in [-0.3, -0.25) is 0 Å². The lowest BCUT2D eigenvalue weighted by molar-refractivity contribution is 1.18. The van der Waals surface area contributed by atoms with Gasteiger partial charge in [-0.05, 0) is 65.2 Å². The zero-order chi connectivity index (χ0) is 30.6. The van der Waals surface area contributed by atoms with Crippen LogP contribution in [0.4, 0.5) is 5.69 Å². The summed E-state index contributed by atoms with van der Waals surface area (Å²) in [5.74, 6) is 0. The van der Waals surface area contributed by atoms with Crippen molar-refractivity contribution in [3.63, 3.8) is 0 Å². The lowest BCUT2D eigenvalue weighted by Crippen LogP contribution is -1.98. The van der Waals surface area contributed by atoms with E-state index in [0.29, 0.717) is 5.69 Å². The van der Waals surface area contributed by atoms with Gasteiger partial charge in [-0.2, -0.15) is 0 Å². The largest absolute Gasteiger partial charge is 0.309 e. The maximum atomic E-state index is 7.89. The molecule has 0 aliphatic carbocycles. The summed E-state index contributed by atoms with van der Waals surface area (Å²) >= 11 is 0. The number of fused-ring (bicyclic) bond motifs is 6. The Morgan fingerprint density at radius 2 is 0.913 bits per heavy atom. The monoisotopic (exact) mass is 585 g/mol. The van der Waals surface area contributed by atoms with Crippen molar-refractivity contribution >= 4 is 49.3 Å². The smallest absolute Gasteiger partial charge is 0.187 e. The molecule has 0 spiro atoms. The Hall–Kier alpha value is -6.37. The van der Waals surface area contributed by atoms with Gasteiger partial charge in [0, 0.05) is 32.8 Å². The molecule has 9 aromatic rings. The van der Waals surface area contributed by atoms with Gasteiger partial charge in [0.2, 0.25) is 0 Å². The summed E-state index contributed by atoms with van der Waals surface area (Å²) in [4.78, 5) is 3.85. The fourth-order valence-electron chi connectivity index (χ4n) is 7.17. The lowest BCUT2D eigenvalue weighted by atomic mass is 9.92. The van der Waals surface area contributed by atoms with Crippen LogP contribution in [-0.4, -0.2) is 9.13 Å². The zero-order valence-corrected chi connectivity index (χ0v) is 24.9. The third-order valence-corrected chi connectivity index (χ3v) is 9.14. The second-order valence-electron chi connectivity index (χ2n) is 11.6. The molecule has 0 bridgehead atoms. The predicted molar refractivity (Wildman–Crippen MR) is 192 cm³/mol. The zero-order valence-electron chi connectivity index (χ0n) is 24.9. The molecule has 46 heavy (non-hydrogen) atoms. The average molecular weight is 586 g/mol. The third kappa shape index (κ3) is 3.91. The Bertz CT molecular complexity index is 2560. The first-order chi connectivity index (χ1) is 22.8. The predicted octanol–water partition coefficient (Wildman–Crippen LogP) is 11.8. The molecule has 0 unspecified atom stereocenters. The van der Waals surface area contributed by atoms with Crippen LogP contribution < -0.4 is 0 Å². The van der Waals surface area contributed by atoms with Crippen LogP contribution >= 0.6 is 0 Å². The van der Waals surface area contributed by atoms with Crippen LogP contribution in [0.25, 0.3) is 82.1 Å². The average Bonchev–Trinajstić information content (AvgIpc) is 3.64. The number of rotatable bonds is 4. The quantitative estimate of drug-likeness (QED) is 0.182. The second-order valence-corrected chi connectivity index (χ2v) is 11.6. The molecule has 0 aliphatic rings. The molecule has 0 radical (unpaired) electrons. The Labute approximate surface area is 266 Å². The molecule has 0 fully saturated rings. The molecule has 0 atom stereocenters. The molecule has 2 aromatic heterocycles. The van der Waals surface area contributed by atoms with Crippen molar-refractivity contribution in [3.05, 3.63) is 175 Å². The topological polar surface area (TPSA) is 14.2 Å². The Morgan fingerprint density at radius 1 is 0.391 bits per heavy atom. The highest BCUT2D eigenvalue weighted by molar-refractivity contribution is 6.11. The lowest BCUT2D eigenvalue weighted by Gasteiger charge is -2.18. The van der Waals surface area contributed by atoms with Crippen LogP contribution in [-0.2, 0) is 0 Å². The van der Waals surface area contributed by atoms with Crippen LogP contribution in [0.5, 0.6) is 0 Å². The van der Waals surface area contributed by atoms with Crippen molar-refractivity contribution in [2.24, 2.45) is 0 Å². The van der Waals surface area contributed by atoms with E-state index < -0.39 is 0 Å². The second kappa shape index (κ2) is 10.4. The van der Waals surface area contributed by atoms with Crippen molar-refractivity contribution < 1.29 is 0 Å². The van der Waals surface area contributed by atoms with E-state index in [1.807, 2.05) is 12.1 Å². The van der Waals surface area contributed by atoms with E-state index in [1.165, 1.54) is 32.6 Å². The van der Waals surface area contributed by atoms with E-state index >= 15 is 0 Å². The SMILES string of the molecule is [C-]#[N+]c1ccc(-c2cccc(-n3c4ccccc4c4ccccc43)c2)c(-c2ccccc2-n2c3ccccc3c3ccccc32)c1. The molecule has 9 rings (SSSR count).